The van der Waals surface area contributed by atoms with Gasteiger partial charge in [-0.3, -0.25) is 0 Å². The maximum Gasteiger partial charge on any atom is 0.243 e. The molecular weight excluding hydrogens is 362 g/mol. The minimum absolute atomic E-state index is 0.302. The molecule has 1 aliphatic heterocycles. The number of aromatic nitrogens is 2. The Morgan fingerprint density at radius 3 is 2.33 bits per heavy atom. The van der Waals surface area contributed by atoms with Crippen molar-refractivity contribution in [3.63, 3.8) is 0 Å². The zero-order valence-corrected chi connectivity index (χ0v) is 15.9. The van der Waals surface area contributed by atoms with Gasteiger partial charge in [-0.15, -0.1) is 0 Å². The van der Waals surface area contributed by atoms with E-state index in [0.717, 1.165) is 24.0 Å². The number of nitrogens with zero attached hydrogens (tertiary/aromatic N) is 3. The van der Waals surface area contributed by atoms with E-state index < -0.39 is 10.0 Å². The van der Waals surface area contributed by atoms with Crippen molar-refractivity contribution in [1.82, 2.24) is 14.4 Å². The molecule has 0 atom stereocenters. The number of rotatable bonds is 5. The Kier molecular flexibility index (Phi) is 4.80. The van der Waals surface area contributed by atoms with Crippen LogP contribution in [0.15, 0.2) is 57.9 Å². The quantitative estimate of drug-likeness (QED) is 0.675. The summed E-state index contributed by atoms with van der Waals surface area (Å²) in [6.45, 7) is 3.23. The molecule has 2 aromatic carbocycles. The molecule has 0 aliphatic carbocycles. The largest absolute Gasteiger partial charge is 0.339 e. The second kappa shape index (κ2) is 7.25. The number of hydrogen-bond acceptors (Lipinski definition) is 5. The molecule has 2 heterocycles. The average molecular weight is 383 g/mol. The molecule has 140 valence electrons. The van der Waals surface area contributed by atoms with Crippen LogP contribution in [0, 0.1) is 6.92 Å². The van der Waals surface area contributed by atoms with Gasteiger partial charge in [0.25, 0.3) is 0 Å². The molecule has 0 bridgehead atoms. The van der Waals surface area contributed by atoms with Crippen LogP contribution in [0.3, 0.4) is 0 Å². The van der Waals surface area contributed by atoms with Gasteiger partial charge in [-0.2, -0.15) is 9.29 Å². The van der Waals surface area contributed by atoms with E-state index in [1.165, 1.54) is 9.87 Å². The number of hydrogen-bond donors (Lipinski definition) is 0. The maximum atomic E-state index is 12.6. The van der Waals surface area contributed by atoms with Gasteiger partial charge in [0.2, 0.25) is 21.7 Å². The molecule has 6 nitrogen and oxygen atoms in total. The van der Waals surface area contributed by atoms with E-state index in [1.54, 1.807) is 24.3 Å². The maximum absolute atomic E-state index is 12.6. The molecule has 0 saturated carbocycles. The van der Waals surface area contributed by atoms with E-state index in [0.29, 0.717) is 36.1 Å². The summed E-state index contributed by atoms with van der Waals surface area (Å²) >= 11 is 0. The fraction of sp³-hybridized carbons (Fsp3) is 0.300. The summed E-state index contributed by atoms with van der Waals surface area (Å²) in [5.74, 6) is 0.991. The summed E-state index contributed by atoms with van der Waals surface area (Å²) in [4.78, 5) is 4.73. The van der Waals surface area contributed by atoms with Crippen LogP contribution in [0.4, 0.5) is 0 Å². The summed E-state index contributed by atoms with van der Waals surface area (Å²) in [6.07, 6.45) is 2.41. The first-order valence-corrected chi connectivity index (χ1v) is 10.4. The van der Waals surface area contributed by atoms with E-state index in [9.17, 15) is 8.42 Å². The van der Waals surface area contributed by atoms with Crippen molar-refractivity contribution in [2.45, 2.75) is 31.1 Å². The highest BCUT2D eigenvalue weighted by Gasteiger charge is 2.27. The third-order valence-corrected chi connectivity index (χ3v) is 6.67. The molecule has 0 amide bonds. The first kappa shape index (κ1) is 17.9. The summed E-state index contributed by atoms with van der Waals surface area (Å²) < 4.78 is 32.1. The standard InChI is InChI=1S/C20H21N3O3S/c1-15-4-6-16(7-5-15)14-19-21-20(22-26-19)17-8-10-18(11-9-17)27(24,25)23-12-2-3-13-23/h4-11H,2-3,12-14H2,1H3. The Bertz CT molecular complexity index is 1020. The van der Waals surface area contributed by atoms with Crippen LogP contribution >= 0.6 is 0 Å². The zero-order valence-electron chi connectivity index (χ0n) is 15.1. The first-order valence-electron chi connectivity index (χ1n) is 9.01. The minimum Gasteiger partial charge on any atom is -0.339 e. The number of benzene rings is 2. The Morgan fingerprint density at radius 2 is 1.67 bits per heavy atom. The van der Waals surface area contributed by atoms with Crippen LogP contribution in [0.1, 0.15) is 29.9 Å². The lowest BCUT2D eigenvalue weighted by Gasteiger charge is -2.15. The van der Waals surface area contributed by atoms with Gasteiger partial charge in [-0.25, -0.2) is 8.42 Å². The molecule has 1 aliphatic rings. The van der Waals surface area contributed by atoms with Crippen molar-refractivity contribution in [1.29, 1.82) is 0 Å². The molecule has 1 aromatic heterocycles. The van der Waals surface area contributed by atoms with E-state index in [4.69, 9.17) is 4.52 Å². The molecule has 0 spiro atoms. The third-order valence-electron chi connectivity index (χ3n) is 4.76. The van der Waals surface area contributed by atoms with Gasteiger partial charge in [-0.05, 0) is 49.6 Å². The van der Waals surface area contributed by atoms with Crippen LogP contribution in [-0.4, -0.2) is 36.0 Å². The van der Waals surface area contributed by atoms with Crippen LogP contribution < -0.4 is 0 Å². The van der Waals surface area contributed by atoms with Crippen molar-refractivity contribution >= 4 is 10.0 Å². The smallest absolute Gasteiger partial charge is 0.243 e. The lowest BCUT2D eigenvalue weighted by atomic mass is 10.1. The SMILES string of the molecule is Cc1ccc(Cc2nc(-c3ccc(S(=O)(=O)N4CCCC4)cc3)no2)cc1. The second-order valence-corrected chi connectivity index (χ2v) is 8.75. The highest BCUT2D eigenvalue weighted by molar-refractivity contribution is 7.89. The number of sulfonamides is 1. The average Bonchev–Trinajstić information content (AvgIpc) is 3.36. The predicted molar refractivity (Wildman–Crippen MR) is 102 cm³/mol. The predicted octanol–water partition coefficient (Wildman–Crippen LogP) is 3.42. The summed E-state index contributed by atoms with van der Waals surface area (Å²) in [5, 5.41) is 4.02. The van der Waals surface area contributed by atoms with Crippen molar-refractivity contribution in [3.8, 4) is 11.4 Å². The van der Waals surface area contributed by atoms with E-state index in [2.05, 4.69) is 10.1 Å². The summed E-state index contributed by atoms with van der Waals surface area (Å²) in [6, 6.07) is 14.8. The molecule has 1 saturated heterocycles. The van der Waals surface area contributed by atoms with Crippen LogP contribution in [-0.2, 0) is 16.4 Å². The van der Waals surface area contributed by atoms with Crippen LogP contribution in [0.2, 0.25) is 0 Å². The lowest BCUT2D eigenvalue weighted by Crippen LogP contribution is -2.27. The minimum atomic E-state index is -3.41. The summed E-state index contributed by atoms with van der Waals surface area (Å²) in [5.41, 5.74) is 3.03. The Labute approximate surface area is 158 Å². The van der Waals surface area contributed by atoms with Gasteiger partial charge in [-0.1, -0.05) is 35.0 Å². The van der Waals surface area contributed by atoms with Crippen LogP contribution in [0.5, 0.6) is 0 Å². The van der Waals surface area contributed by atoms with Gasteiger partial charge < -0.3 is 4.52 Å². The molecule has 3 aromatic rings. The highest BCUT2D eigenvalue weighted by atomic mass is 32.2. The normalized spacial score (nSPS) is 15.3. The first-order chi connectivity index (χ1) is 13.0. The van der Waals surface area contributed by atoms with Gasteiger partial charge in [0, 0.05) is 18.7 Å². The van der Waals surface area contributed by atoms with Crippen LogP contribution in [0.25, 0.3) is 11.4 Å². The van der Waals surface area contributed by atoms with Gasteiger partial charge in [0.05, 0.1) is 11.3 Å². The van der Waals surface area contributed by atoms with Gasteiger partial charge in [0.15, 0.2) is 0 Å². The topological polar surface area (TPSA) is 76.3 Å². The third kappa shape index (κ3) is 3.79. The molecule has 0 unspecified atom stereocenters. The summed E-state index contributed by atoms with van der Waals surface area (Å²) in [7, 11) is -3.41. The molecule has 27 heavy (non-hydrogen) atoms. The molecular formula is C20H21N3O3S. The van der Waals surface area contributed by atoms with Crippen molar-refractivity contribution in [2.75, 3.05) is 13.1 Å². The fourth-order valence-electron chi connectivity index (χ4n) is 3.18. The lowest BCUT2D eigenvalue weighted by molar-refractivity contribution is 0.385. The van der Waals surface area contributed by atoms with Gasteiger partial charge in [0.1, 0.15) is 0 Å². The number of aryl methyl sites for hydroxylation is 1. The Balaban J connectivity index is 1.51. The van der Waals surface area contributed by atoms with Crippen molar-refractivity contribution < 1.29 is 12.9 Å². The molecule has 7 heteroatoms. The zero-order chi connectivity index (χ0) is 18.9. The van der Waals surface area contributed by atoms with Gasteiger partial charge >= 0.3 is 0 Å². The Hall–Kier alpha value is -2.51. The highest BCUT2D eigenvalue weighted by Crippen LogP contribution is 2.24. The van der Waals surface area contributed by atoms with Crippen molar-refractivity contribution in [3.05, 3.63) is 65.5 Å². The molecule has 1 fully saturated rings. The van der Waals surface area contributed by atoms with E-state index in [-0.39, 0.29) is 0 Å². The Morgan fingerprint density at radius 1 is 1.00 bits per heavy atom. The fourth-order valence-corrected chi connectivity index (χ4v) is 4.70. The monoisotopic (exact) mass is 383 g/mol. The molecule has 0 radical (unpaired) electrons. The van der Waals surface area contributed by atoms with E-state index >= 15 is 0 Å². The molecule has 4 rings (SSSR count). The van der Waals surface area contributed by atoms with E-state index in [1.807, 2.05) is 31.2 Å². The second-order valence-electron chi connectivity index (χ2n) is 6.81. The molecule has 0 N–H and O–H groups in total. The van der Waals surface area contributed by atoms with Crippen molar-refractivity contribution in [2.24, 2.45) is 0 Å².